The number of anilines is 1. The normalized spacial score (nSPS) is 10.2. The molecule has 15 nitrogen and oxygen atoms in total. The predicted octanol–water partition coefficient (Wildman–Crippen LogP) is -1.13. The number of nitrogens with zero attached hydrogens (tertiary/aromatic N) is 3. The van der Waals surface area contributed by atoms with Crippen LogP contribution in [-0.4, -0.2) is 62.6 Å². The highest BCUT2D eigenvalue weighted by molar-refractivity contribution is 7.45. The molecule has 10 N–H and O–H groups in total. The summed E-state index contributed by atoms with van der Waals surface area (Å²) in [6, 6.07) is 0. The molecule has 0 saturated heterocycles. The number of hydrogen-bond donors (Lipinski definition) is 9. The first-order chi connectivity index (χ1) is 14.0. The fraction of sp³-hybridized carbons (Fsp3) is 0.385. The summed E-state index contributed by atoms with van der Waals surface area (Å²) in [5, 5.41) is 15.9. The summed E-state index contributed by atoms with van der Waals surface area (Å²) in [6.07, 6.45) is 2.47. The monoisotopic (exact) mass is 543 g/mol. The number of rotatable bonds is 4. The molecule has 0 spiro atoms. The highest BCUT2D eigenvalue weighted by Crippen LogP contribution is 2.26. The number of nitrogens with two attached hydrogens (primary N) is 1. The van der Waals surface area contributed by atoms with Gasteiger partial charge < -0.3 is 45.3 Å². The first-order valence-electron chi connectivity index (χ1n) is 7.83. The van der Waals surface area contributed by atoms with E-state index in [-0.39, 0.29) is 25.5 Å². The van der Waals surface area contributed by atoms with Crippen molar-refractivity contribution in [2.45, 2.75) is 26.8 Å². The minimum absolute atomic E-state index is 0. The molecule has 0 radical (unpaired) electrons. The van der Waals surface area contributed by atoms with Crippen molar-refractivity contribution in [3.63, 3.8) is 0 Å². The molecule has 0 aliphatic heterocycles. The Morgan fingerprint density at radius 1 is 1.12 bits per heavy atom. The fourth-order valence-electron chi connectivity index (χ4n) is 1.77. The van der Waals surface area contributed by atoms with Gasteiger partial charge in [-0.15, -0.1) is 12.4 Å². The molecule has 0 aromatic carbocycles. The van der Waals surface area contributed by atoms with E-state index in [1.807, 2.05) is 19.4 Å². The van der Waals surface area contributed by atoms with Crippen LogP contribution in [0.2, 0.25) is 0 Å². The predicted molar refractivity (Wildman–Crippen MR) is 115 cm³/mol. The first-order valence-corrected chi connectivity index (χ1v) is 11.8. The Labute approximate surface area is 192 Å². The number of hydrogen-bond acceptors (Lipinski definition) is 8. The van der Waals surface area contributed by atoms with E-state index in [9.17, 15) is 0 Å². The van der Waals surface area contributed by atoms with Gasteiger partial charge in [0.1, 0.15) is 11.6 Å². The van der Waals surface area contributed by atoms with Crippen molar-refractivity contribution < 1.29 is 58.1 Å². The number of aryl methyl sites for hydroxylation is 1. The number of carbonyl (C=O) groups is 1. The number of carboxylic acid groups (broad SMARTS) is 1. The molecular weight excluding hydrogens is 518 g/mol. The lowest BCUT2D eigenvalue weighted by molar-refractivity contribution is -0.689. The highest BCUT2D eigenvalue weighted by Gasteiger charge is 2.17. The van der Waals surface area contributed by atoms with Gasteiger partial charge in [0.2, 0.25) is 5.51 Å². The molecule has 32 heavy (non-hydrogen) atoms. The van der Waals surface area contributed by atoms with Gasteiger partial charge >= 0.3 is 15.6 Å². The lowest BCUT2D eigenvalue weighted by Gasteiger charge is -2.01. The molecule has 0 bridgehead atoms. The Balaban J connectivity index is -0.000000499. The summed E-state index contributed by atoms with van der Waals surface area (Å²) < 4.78 is 19.9. The third-order valence-corrected chi connectivity index (χ3v) is 4.00. The van der Waals surface area contributed by atoms with Crippen molar-refractivity contribution >= 4 is 51.7 Å². The third kappa shape index (κ3) is 21.7. The number of nitrogen functional groups attached to an aromatic ring is 1. The topological polar surface area (TPSA) is 269 Å². The van der Waals surface area contributed by atoms with Gasteiger partial charge in [0.15, 0.2) is 12.2 Å². The molecule has 0 unspecified atom stereocenters. The molecule has 2 rings (SSSR count). The average Bonchev–Trinajstić information content (AvgIpc) is 2.89. The zero-order valence-electron chi connectivity index (χ0n) is 16.8. The summed E-state index contributed by atoms with van der Waals surface area (Å²) >= 11 is 1.65. The van der Waals surface area contributed by atoms with Crippen molar-refractivity contribution in [2.24, 2.45) is 0 Å². The standard InChI is InChI=1S/C12H17N4OS.CH2O2.ClH.2H3O4P/c1-8-11(3-4-17)18-7-16(8)6-10-5-14-9(2)15-12(10)13;2-1-3;;2*1-5(2,3)4/h5,7,17H,3-4,6H2,1-2H3,(H2,13,14,15);1H,(H,2,3);1H;2*(H3,1,2,3,4)/q+1;;;;. The van der Waals surface area contributed by atoms with Gasteiger partial charge in [-0.3, -0.25) is 4.79 Å². The minimum Gasteiger partial charge on any atom is -0.483 e. The largest absolute Gasteiger partial charge is 0.483 e. The van der Waals surface area contributed by atoms with Crippen LogP contribution in [0, 0.1) is 13.8 Å². The molecule has 2 aromatic heterocycles. The van der Waals surface area contributed by atoms with E-state index in [0.29, 0.717) is 24.6 Å². The molecule has 0 saturated carbocycles. The van der Waals surface area contributed by atoms with E-state index >= 15 is 0 Å². The fourth-order valence-corrected chi connectivity index (χ4v) is 2.75. The summed E-state index contributed by atoms with van der Waals surface area (Å²) in [4.78, 5) is 61.0. The maximum absolute atomic E-state index is 8.98. The van der Waals surface area contributed by atoms with Crippen LogP contribution in [0.1, 0.15) is 22.0 Å². The molecule has 0 fully saturated rings. The number of aliphatic hydroxyl groups excluding tert-OH is 1. The summed E-state index contributed by atoms with van der Waals surface area (Å²) in [5.41, 5.74) is 10.0. The molecule has 0 atom stereocenters. The molecule has 0 aliphatic rings. The Hall–Kier alpha value is -1.55. The van der Waals surface area contributed by atoms with Crippen LogP contribution in [0.3, 0.4) is 0 Å². The van der Waals surface area contributed by atoms with E-state index in [1.165, 1.54) is 4.88 Å². The first kappa shape index (κ1) is 35.0. The van der Waals surface area contributed by atoms with Crippen molar-refractivity contribution in [2.75, 3.05) is 12.3 Å². The zero-order valence-corrected chi connectivity index (χ0v) is 20.2. The summed E-state index contributed by atoms with van der Waals surface area (Å²) in [5.74, 6) is 1.22. The lowest BCUT2D eigenvalue weighted by Crippen LogP contribution is -2.35. The lowest BCUT2D eigenvalue weighted by atomic mass is 10.2. The Bertz CT molecular complexity index is 869. The number of phosphoric acid groups is 2. The minimum atomic E-state index is -4.64. The summed E-state index contributed by atoms with van der Waals surface area (Å²) in [6.45, 7) is 4.46. The van der Waals surface area contributed by atoms with Crippen molar-refractivity contribution in [1.82, 2.24) is 9.97 Å². The molecule has 0 amide bonds. The van der Waals surface area contributed by atoms with Crippen molar-refractivity contribution in [3.8, 4) is 0 Å². The van der Waals surface area contributed by atoms with E-state index in [0.717, 1.165) is 11.3 Å². The van der Waals surface area contributed by atoms with Gasteiger partial charge in [0.25, 0.3) is 6.47 Å². The number of thiazole rings is 1. The van der Waals surface area contributed by atoms with Crippen LogP contribution >= 0.6 is 39.4 Å². The van der Waals surface area contributed by atoms with Crippen LogP contribution in [-0.2, 0) is 26.9 Å². The van der Waals surface area contributed by atoms with Gasteiger partial charge in [0, 0.05) is 26.1 Å². The Morgan fingerprint density at radius 3 is 1.94 bits per heavy atom. The van der Waals surface area contributed by atoms with Crippen LogP contribution in [0.25, 0.3) is 0 Å². The van der Waals surface area contributed by atoms with Crippen molar-refractivity contribution in [1.29, 1.82) is 0 Å². The maximum atomic E-state index is 8.98. The van der Waals surface area contributed by atoms with Gasteiger partial charge in [-0.05, 0) is 6.92 Å². The second kappa shape index (κ2) is 17.0. The smallest absolute Gasteiger partial charge is 0.466 e. The molecule has 2 aromatic rings. The summed E-state index contributed by atoms with van der Waals surface area (Å²) in [7, 11) is -9.28. The molecular formula is C13H26ClN4O11P2S+. The van der Waals surface area contributed by atoms with Crippen LogP contribution in [0.15, 0.2) is 11.7 Å². The average molecular weight is 544 g/mol. The number of aromatic nitrogens is 3. The van der Waals surface area contributed by atoms with Gasteiger partial charge in [-0.1, -0.05) is 11.3 Å². The zero-order chi connectivity index (χ0) is 24.8. The van der Waals surface area contributed by atoms with Crippen molar-refractivity contribution in [3.05, 3.63) is 33.7 Å². The van der Waals surface area contributed by atoms with Crippen LogP contribution < -0.4 is 10.3 Å². The quantitative estimate of drug-likeness (QED) is 0.125. The van der Waals surface area contributed by atoms with E-state index < -0.39 is 15.6 Å². The molecule has 2 heterocycles. The second-order valence-electron chi connectivity index (χ2n) is 5.29. The van der Waals surface area contributed by atoms with Gasteiger partial charge in [0.05, 0.1) is 10.4 Å². The highest BCUT2D eigenvalue weighted by atomic mass is 35.5. The molecule has 0 aliphatic carbocycles. The number of aliphatic hydroxyl groups is 1. The second-order valence-corrected chi connectivity index (χ2v) is 8.29. The third-order valence-electron chi connectivity index (χ3n) is 2.85. The van der Waals surface area contributed by atoms with E-state index in [1.54, 1.807) is 17.5 Å². The van der Waals surface area contributed by atoms with Gasteiger partial charge in [-0.2, -0.15) is 4.57 Å². The molecule has 19 heteroatoms. The SMILES string of the molecule is Cc1ncc(C[n+]2csc(CCO)c2C)c(N)n1.Cl.O=CO.O=P(O)(O)O.O=P(O)(O)O. The van der Waals surface area contributed by atoms with Gasteiger partial charge in [-0.25, -0.2) is 19.1 Å². The number of halogens is 1. The van der Waals surface area contributed by atoms with Crippen LogP contribution in [0.4, 0.5) is 5.82 Å². The maximum Gasteiger partial charge on any atom is 0.466 e. The van der Waals surface area contributed by atoms with E-state index in [4.69, 9.17) is 59.2 Å². The molecule has 186 valence electrons. The Morgan fingerprint density at radius 2 is 1.56 bits per heavy atom. The van der Waals surface area contributed by atoms with E-state index in [2.05, 4.69) is 14.5 Å². The van der Waals surface area contributed by atoms with Crippen LogP contribution in [0.5, 0.6) is 0 Å². The Kier molecular flexibility index (Phi) is 18.6.